The summed E-state index contributed by atoms with van der Waals surface area (Å²) in [6.45, 7) is 0. The van der Waals surface area contributed by atoms with E-state index in [0.717, 1.165) is 55.5 Å². The van der Waals surface area contributed by atoms with Gasteiger partial charge in [0.15, 0.2) is 0 Å². The van der Waals surface area contributed by atoms with Crippen molar-refractivity contribution in [1.29, 1.82) is 0 Å². The third kappa shape index (κ3) is 7.98. The first-order valence-electron chi connectivity index (χ1n) is 18.2. The Morgan fingerprint density at radius 2 is 0.898 bits per heavy atom. The molecule has 4 aromatic heterocycles. The molecule has 0 aliphatic heterocycles. The van der Waals surface area contributed by atoms with Crippen molar-refractivity contribution in [3.63, 3.8) is 0 Å². The van der Waals surface area contributed by atoms with E-state index in [1.807, 2.05) is 114 Å². The zero-order valence-electron chi connectivity index (χ0n) is 30.8. The van der Waals surface area contributed by atoms with Gasteiger partial charge in [-0.1, -0.05) is 130 Å². The van der Waals surface area contributed by atoms with Gasteiger partial charge in [-0.05, 0) is 23.5 Å². The van der Waals surface area contributed by atoms with Crippen molar-refractivity contribution in [2.75, 3.05) is 0 Å². The molecule has 0 aliphatic carbocycles. The Morgan fingerprint density at radius 3 is 1.34 bits per heavy atom. The first-order valence-corrected chi connectivity index (χ1v) is 18.2. The molecule has 0 bridgehead atoms. The maximum absolute atomic E-state index is 6.71. The first kappa shape index (κ1) is 39.2. The van der Waals surface area contributed by atoms with Gasteiger partial charge in [0.05, 0.1) is 0 Å². The smallest absolute Gasteiger partial charge is 0.502 e. The second-order valence-corrected chi connectivity index (χ2v) is 13.0. The Balaban J connectivity index is 0.00000242. The van der Waals surface area contributed by atoms with Crippen LogP contribution in [0.3, 0.4) is 0 Å². The summed E-state index contributed by atoms with van der Waals surface area (Å²) in [7, 11) is 0. The minimum atomic E-state index is 0. The molecule has 6 aromatic carbocycles. The Morgan fingerprint density at radius 1 is 0.441 bits per heavy atom. The topological polar surface area (TPSA) is 87.8 Å². The van der Waals surface area contributed by atoms with Crippen LogP contribution in [0.15, 0.2) is 171 Å². The molecule has 0 aliphatic rings. The van der Waals surface area contributed by atoms with Gasteiger partial charge in [0.1, 0.15) is 12.7 Å². The molecular formula is C49H28N6O2Pt2. The third-order valence-electron chi connectivity index (χ3n) is 9.47. The summed E-state index contributed by atoms with van der Waals surface area (Å²) >= 11 is 0. The molecule has 59 heavy (non-hydrogen) atoms. The number of ether oxygens (including phenoxy) is 2. The number of fused-ring (bicyclic) bond motifs is 3. The van der Waals surface area contributed by atoms with Crippen LogP contribution in [0.1, 0.15) is 0 Å². The summed E-state index contributed by atoms with van der Waals surface area (Å²) in [4.78, 5) is 22.3. The molecule has 0 fully saturated rings. The number of pyridine rings is 2. The Kier molecular flexibility index (Phi) is 11.6. The van der Waals surface area contributed by atoms with Crippen molar-refractivity contribution in [3.05, 3.63) is 195 Å². The molecule has 286 valence electrons. The second kappa shape index (κ2) is 17.5. The predicted octanol–water partition coefficient (Wildman–Crippen LogP) is 11.2. The molecule has 0 amide bonds. The van der Waals surface area contributed by atoms with Crippen molar-refractivity contribution in [2.24, 2.45) is 0 Å². The van der Waals surface area contributed by atoms with Crippen LogP contribution in [0.25, 0.3) is 72.5 Å². The van der Waals surface area contributed by atoms with Crippen molar-refractivity contribution in [2.45, 2.75) is 0 Å². The van der Waals surface area contributed by atoms with Gasteiger partial charge in [-0.3, -0.25) is 0 Å². The van der Waals surface area contributed by atoms with Crippen LogP contribution < -0.4 is 9.47 Å². The average molecular weight is 1120 g/mol. The van der Waals surface area contributed by atoms with Gasteiger partial charge >= 0.3 is 42.1 Å². The number of hydrogen-bond acceptors (Lipinski definition) is 7. The third-order valence-corrected chi connectivity index (χ3v) is 9.47. The van der Waals surface area contributed by atoms with Crippen molar-refractivity contribution < 1.29 is 51.6 Å². The Hall–Kier alpha value is -6.59. The molecule has 10 heteroatoms. The second-order valence-electron chi connectivity index (χ2n) is 13.0. The molecule has 10 rings (SSSR count). The summed E-state index contributed by atoms with van der Waals surface area (Å²) in [5, 5.41) is 1.79. The minimum Gasteiger partial charge on any atom is -0.502 e. The Bertz CT molecular complexity index is 2820. The largest absolute Gasteiger partial charge is 2.00 e. The molecule has 0 atom stereocenters. The molecule has 0 unspecified atom stereocenters. The quantitative estimate of drug-likeness (QED) is 0.133. The predicted molar refractivity (Wildman–Crippen MR) is 220 cm³/mol. The Labute approximate surface area is 369 Å². The van der Waals surface area contributed by atoms with Crippen LogP contribution in [-0.4, -0.2) is 29.5 Å². The molecule has 0 spiro atoms. The van der Waals surface area contributed by atoms with Crippen LogP contribution in [0, 0.1) is 24.3 Å². The fourth-order valence-corrected chi connectivity index (χ4v) is 6.87. The number of nitrogens with zero attached hydrogens (tertiary/aromatic N) is 6. The summed E-state index contributed by atoms with van der Waals surface area (Å²) in [5.74, 6) is 2.43. The summed E-state index contributed by atoms with van der Waals surface area (Å²) in [5.41, 5.74) is 8.20. The van der Waals surface area contributed by atoms with E-state index in [2.05, 4.69) is 85.6 Å². The fraction of sp³-hybridized carbons (Fsp3) is 0. The SMILES string of the molecule is [Pt+2].[Pt+2].[c-]1c(Oc2[c-]c3c(cc2-c2ccccc2)c2cc(-c4ccccc4)c(Oc4[c-]c(-c5ccccn5)ccc4)[c-]c2n3-c2ncncn2)cccc1-c1ccccn1. The van der Waals surface area contributed by atoms with Crippen LogP contribution in [0.5, 0.6) is 23.0 Å². The first-order chi connectivity index (χ1) is 28.2. The van der Waals surface area contributed by atoms with Gasteiger partial charge in [0.2, 0.25) is 5.95 Å². The molecule has 10 aromatic rings. The zero-order chi connectivity index (χ0) is 38.0. The van der Waals surface area contributed by atoms with E-state index in [0.29, 0.717) is 40.0 Å². The molecular weight excluding hydrogens is 1090 g/mol. The van der Waals surface area contributed by atoms with Crippen molar-refractivity contribution >= 4 is 21.8 Å². The van der Waals surface area contributed by atoms with Crippen LogP contribution in [0.2, 0.25) is 0 Å². The molecule has 8 nitrogen and oxygen atoms in total. The van der Waals surface area contributed by atoms with Crippen molar-refractivity contribution in [1.82, 2.24) is 29.5 Å². The maximum Gasteiger partial charge on any atom is 2.00 e. The van der Waals surface area contributed by atoms with E-state index < -0.39 is 0 Å². The molecule has 0 saturated heterocycles. The van der Waals surface area contributed by atoms with Gasteiger partial charge in [-0.15, -0.1) is 59.7 Å². The number of aromatic nitrogens is 6. The summed E-state index contributed by atoms with van der Waals surface area (Å²) in [6, 6.07) is 61.8. The molecule has 0 radical (unpaired) electrons. The monoisotopic (exact) mass is 1120 g/mol. The van der Waals surface area contributed by atoms with E-state index in [1.54, 1.807) is 12.4 Å². The number of rotatable bonds is 9. The molecule has 0 saturated carbocycles. The van der Waals surface area contributed by atoms with E-state index in [4.69, 9.17) is 9.47 Å². The average Bonchev–Trinajstić information content (AvgIpc) is 3.59. The maximum atomic E-state index is 6.71. The van der Waals surface area contributed by atoms with Crippen molar-refractivity contribution in [3.8, 4) is 73.7 Å². The standard InChI is InChI=1S/C49H28N6O2.2Pt/c1-3-13-33(14-4-1)39-27-41-42-28-40(34-15-5-2-6-16-34)48(57-38-20-12-18-36(26-38)44-22-8-10-24-52-44)30-46(42)55(49-53-31-50-32-54-49)45(41)29-47(39)56-37-19-11-17-35(25-37)43-21-7-9-23-51-43;;/h1-24,27-28,31-32H;;/q-4;2*+2. The number of hydrogen-bond donors (Lipinski definition) is 0. The van der Waals surface area contributed by atoms with Gasteiger partial charge < -0.3 is 24.0 Å². The van der Waals surface area contributed by atoms with Crippen LogP contribution in [-0.2, 0) is 42.1 Å². The van der Waals surface area contributed by atoms with Gasteiger partial charge in [0, 0.05) is 35.4 Å². The van der Waals surface area contributed by atoms with Gasteiger partial charge in [-0.2, -0.15) is 22.9 Å². The fourth-order valence-electron chi connectivity index (χ4n) is 6.87. The van der Waals surface area contributed by atoms with E-state index >= 15 is 0 Å². The summed E-state index contributed by atoms with van der Waals surface area (Å²) < 4.78 is 15.3. The summed E-state index contributed by atoms with van der Waals surface area (Å²) in [6.07, 6.45) is 6.48. The minimum absolute atomic E-state index is 0. The molecule has 4 heterocycles. The number of benzene rings is 6. The van der Waals surface area contributed by atoms with Gasteiger partial charge in [-0.25, -0.2) is 15.0 Å². The van der Waals surface area contributed by atoms with E-state index in [-0.39, 0.29) is 42.1 Å². The normalized spacial score (nSPS) is 10.8. The van der Waals surface area contributed by atoms with Gasteiger partial charge in [0.25, 0.3) is 0 Å². The van der Waals surface area contributed by atoms with E-state index in [9.17, 15) is 0 Å². The van der Waals surface area contributed by atoms with E-state index in [1.165, 1.54) is 12.7 Å². The van der Waals surface area contributed by atoms with Crippen LogP contribution in [0.4, 0.5) is 0 Å². The zero-order valence-corrected chi connectivity index (χ0v) is 35.3. The molecule has 0 N–H and O–H groups in total. The van der Waals surface area contributed by atoms with Crippen LogP contribution >= 0.6 is 0 Å².